The van der Waals surface area contributed by atoms with Gasteiger partial charge in [-0.05, 0) is 19.3 Å². The molecular formula is C11H18O3. The summed E-state index contributed by atoms with van der Waals surface area (Å²) in [6.45, 7) is 3.50. The van der Waals surface area contributed by atoms with Gasteiger partial charge in [-0.1, -0.05) is 6.92 Å². The Morgan fingerprint density at radius 2 is 1.71 bits per heavy atom. The number of carbonyl (C=O) groups is 1. The minimum atomic E-state index is -0.332. The van der Waals surface area contributed by atoms with Crippen molar-refractivity contribution in [1.29, 1.82) is 0 Å². The molecule has 80 valence electrons. The monoisotopic (exact) mass is 198 g/mol. The lowest BCUT2D eigenvalue weighted by Crippen LogP contribution is -2.40. The molecule has 0 N–H and O–H groups in total. The van der Waals surface area contributed by atoms with Crippen LogP contribution in [0.25, 0.3) is 0 Å². The first-order valence-electron chi connectivity index (χ1n) is 5.48. The summed E-state index contributed by atoms with van der Waals surface area (Å²) >= 11 is 0. The van der Waals surface area contributed by atoms with E-state index in [1.165, 1.54) is 0 Å². The van der Waals surface area contributed by atoms with Gasteiger partial charge < -0.3 is 14.3 Å². The molecule has 0 radical (unpaired) electrons. The van der Waals surface area contributed by atoms with Crippen molar-refractivity contribution in [3.63, 3.8) is 0 Å². The lowest BCUT2D eigenvalue weighted by atomic mass is 9.71. The van der Waals surface area contributed by atoms with Crippen molar-refractivity contribution in [2.75, 3.05) is 13.2 Å². The summed E-state index contributed by atoms with van der Waals surface area (Å²) in [6, 6.07) is 0. The maximum atomic E-state index is 11.0. The van der Waals surface area contributed by atoms with Gasteiger partial charge in [0.25, 0.3) is 0 Å². The zero-order valence-electron chi connectivity index (χ0n) is 8.75. The van der Waals surface area contributed by atoms with Crippen LogP contribution in [0.4, 0.5) is 0 Å². The molecule has 3 heteroatoms. The number of hydrogen-bond acceptors (Lipinski definition) is 3. The highest BCUT2D eigenvalue weighted by atomic mass is 16.7. The van der Waals surface area contributed by atoms with Crippen LogP contribution in [0.2, 0.25) is 0 Å². The summed E-state index contributed by atoms with van der Waals surface area (Å²) in [5, 5.41) is 0. The van der Waals surface area contributed by atoms with Gasteiger partial charge in [-0.15, -0.1) is 0 Å². The summed E-state index contributed by atoms with van der Waals surface area (Å²) in [5.41, 5.74) is -0.0967. The smallest absolute Gasteiger partial charge is 0.168 e. The molecule has 0 unspecified atom stereocenters. The maximum Gasteiger partial charge on any atom is 0.168 e. The Bertz CT molecular complexity index is 209. The standard InChI is InChI=1S/C11H18O3/c1-2-10(9-12)3-5-11(6-4-10)13-7-8-14-11/h9H,2-8H2,1H3. The molecule has 2 aliphatic rings. The first-order chi connectivity index (χ1) is 6.74. The molecule has 0 aromatic rings. The molecule has 0 atom stereocenters. The SMILES string of the molecule is CCC1(C=O)CCC2(CC1)OCCO2. The third-order valence-electron chi connectivity index (χ3n) is 3.78. The fourth-order valence-electron chi connectivity index (χ4n) is 2.47. The van der Waals surface area contributed by atoms with Crippen molar-refractivity contribution in [2.45, 2.75) is 44.8 Å². The van der Waals surface area contributed by atoms with Crippen LogP contribution in [0.1, 0.15) is 39.0 Å². The molecule has 1 aliphatic carbocycles. The van der Waals surface area contributed by atoms with E-state index in [1.807, 2.05) is 0 Å². The molecule has 1 aliphatic heterocycles. The number of carbonyl (C=O) groups excluding carboxylic acids is 1. The molecule has 0 aromatic carbocycles. The van der Waals surface area contributed by atoms with Gasteiger partial charge in [0.1, 0.15) is 6.29 Å². The number of hydrogen-bond donors (Lipinski definition) is 0. The van der Waals surface area contributed by atoms with Crippen molar-refractivity contribution < 1.29 is 14.3 Å². The third kappa shape index (κ3) is 1.59. The Morgan fingerprint density at radius 3 is 2.14 bits per heavy atom. The second-order valence-electron chi connectivity index (χ2n) is 4.44. The Morgan fingerprint density at radius 1 is 1.14 bits per heavy atom. The van der Waals surface area contributed by atoms with E-state index in [0.717, 1.165) is 38.4 Å². The summed E-state index contributed by atoms with van der Waals surface area (Å²) < 4.78 is 11.3. The lowest BCUT2D eigenvalue weighted by Gasteiger charge is -2.40. The quantitative estimate of drug-likeness (QED) is 0.636. The molecule has 1 saturated heterocycles. The fraction of sp³-hybridized carbons (Fsp3) is 0.909. The third-order valence-corrected chi connectivity index (χ3v) is 3.78. The molecule has 1 saturated carbocycles. The van der Waals surface area contributed by atoms with Crippen LogP contribution in [0.15, 0.2) is 0 Å². The Kier molecular flexibility index (Phi) is 2.62. The van der Waals surface area contributed by atoms with Gasteiger partial charge in [-0.25, -0.2) is 0 Å². The number of ether oxygens (including phenoxy) is 2. The molecule has 0 amide bonds. The fourth-order valence-corrected chi connectivity index (χ4v) is 2.47. The van der Waals surface area contributed by atoms with Crippen molar-refractivity contribution in [3.05, 3.63) is 0 Å². The van der Waals surface area contributed by atoms with Gasteiger partial charge >= 0.3 is 0 Å². The van der Waals surface area contributed by atoms with Gasteiger partial charge in [0.2, 0.25) is 0 Å². The zero-order valence-corrected chi connectivity index (χ0v) is 8.75. The van der Waals surface area contributed by atoms with Gasteiger partial charge in [0, 0.05) is 18.3 Å². The molecular weight excluding hydrogens is 180 g/mol. The average Bonchev–Trinajstić information content (AvgIpc) is 2.69. The first-order valence-corrected chi connectivity index (χ1v) is 5.48. The van der Waals surface area contributed by atoms with E-state index >= 15 is 0 Å². The predicted molar refractivity (Wildman–Crippen MR) is 51.9 cm³/mol. The van der Waals surface area contributed by atoms with Crippen LogP contribution in [-0.4, -0.2) is 25.3 Å². The van der Waals surface area contributed by atoms with Crippen LogP contribution >= 0.6 is 0 Å². The first kappa shape index (κ1) is 10.1. The molecule has 0 aromatic heterocycles. The minimum Gasteiger partial charge on any atom is -0.348 e. The van der Waals surface area contributed by atoms with Crippen molar-refractivity contribution in [3.8, 4) is 0 Å². The van der Waals surface area contributed by atoms with Crippen molar-refractivity contribution in [2.24, 2.45) is 5.41 Å². The van der Waals surface area contributed by atoms with E-state index in [-0.39, 0.29) is 11.2 Å². The summed E-state index contributed by atoms with van der Waals surface area (Å²) in [4.78, 5) is 11.0. The molecule has 14 heavy (non-hydrogen) atoms. The van der Waals surface area contributed by atoms with E-state index in [1.54, 1.807) is 0 Å². The van der Waals surface area contributed by atoms with Crippen LogP contribution in [0.5, 0.6) is 0 Å². The van der Waals surface area contributed by atoms with E-state index in [4.69, 9.17) is 9.47 Å². The van der Waals surface area contributed by atoms with Gasteiger partial charge in [-0.2, -0.15) is 0 Å². The topological polar surface area (TPSA) is 35.5 Å². The average molecular weight is 198 g/mol. The highest BCUT2D eigenvalue weighted by molar-refractivity contribution is 5.59. The minimum absolute atomic E-state index is 0.0967. The van der Waals surface area contributed by atoms with Crippen molar-refractivity contribution >= 4 is 6.29 Å². The van der Waals surface area contributed by atoms with E-state index < -0.39 is 0 Å². The van der Waals surface area contributed by atoms with Gasteiger partial charge in [-0.3, -0.25) is 0 Å². The summed E-state index contributed by atoms with van der Waals surface area (Å²) in [7, 11) is 0. The van der Waals surface area contributed by atoms with Crippen LogP contribution in [0, 0.1) is 5.41 Å². The summed E-state index contributed by atoms with van der Waals surface area (Å²) in [5.74, 6) is -0.332. The van der Waals surface area contributed by atoms with E-state index in [9.17, 15) is 4.79 Å². The Balaban J connectivity index is 2.00. The summed E-state index contributed by atoms with van der Waals surface area (Å²) in [6.07, 6.45) is 5.64. The van der Waals surface area contributed by atoms with Crippen molar-refractivity contribution in [1.82, 2.24) is 0 Å². The lowest BCUT2D eigenvalue weighted by molar-refractivity contribution is -0.190. The largest absolute Gasteiger partial charge is 0.348 e. The van der Waals surface area contributed by atoms with Gasteiger partial charge in [0.15, 0.2) is 5.79 Å². The normalized spacial score (nSPS) is 29.2. The highest BCUT2D eigenvalue weighted by Crippen LogP contribution is 2.45. The highest BCUT2D eigenvalue weighted by Gasteiger charge is 2.45. The predicted octanol–water partition coefficient (Wildman–Crippen LogP) is 1.90. The Labute approximate surface area is 84.8 Å². The molecule has 3 nitrogen and oxygen atoms in total. The second kappa shape index (κ2) is 3.63. The van der Waals surface area contributed by atoms with E-state index in [2.05, 4.69) is 6.92 Å². The molecule has 0 bridgehead atoms. The second-order valence-corrected chi connectivity index (χ2v) is 4.44. The number of rotatable bonds is 2. The van der Waals surface area contributed by atoms with Crippen LogP contribution in [0.3, 0.4) is 0 Å². The Hall–Kier alpha value is -0.410. The van der Waals surface area contributed by atoms with Gasteiger partial charge in [0.05, 0.1) is 13.2 Å². The van der Waals surface area contributed by atoms with E-state index in [0.29, 0.717) is 13.2 Å². The zero-order chi connectivity index (χ0) is 10.1. The molecule has 1 heterocycles. The molecule has 1 spiro atoms. The maximum absolute atomic E-state index is 11.0. The number of aldehydes is 1. The molecule has 2 fully saturated rings. The van der Waals surface area contributed by atoms with Crippen LogP contribution in [-0.2, 0) is 14.3 Å². The molecule has 2 rings (SSSR count). The van der Waals surface area contributed by atoms with Crippen LogP contribution < -0.4 is 0 Å².